The standard InChI is InChI=1S/C8H16S/c1-7(9-2)8-5-3-4-6-8/h7-8H,3-6H2,1-2H3. The van der Waals surface area contributed by atoms with Crippen molar-refractivity contribution >= 4 is 11.8 Å². The lowest BCUT2D eigenvalue weighted by molar-refractivity contribution is 0.545. The molecule has 0 aromatic rings. The van der Waals surface area contributed by atoms with Crippen molar-refractivity contribution < 1.29 is 0 Å². The summed E-state index contributed by atoms with van der Waals surface area (Å²) in [7, 11) is 0. The Morgan fingerprint density at radius 3 is 2.33 bits per heavy atom. The summed E-state index contributed by atoms with van der Waals surface area (Å²) in [5.41, 5.74) is 0. The van der Waals surface area contributed by atoms with E-state index in [0.717, 1.165) is 11.2 Å². The highest BCUT2D eigenvalue weighted by Crippen LogP contribution is 2.32. The van der Waals surface area contributed by atoms with Crippen molar-refractivity contribution in [3.05, 3.63) is 0 Å². The highest BCUT2D eigenvalue weighted by molar-refractivity contribution is 7.99. The normalized spacial score (nSPS) is 24.7. The second kappa shape index (κ2) is 3.50. The molecule has 0 radical (unpaired) electrons. The molecule has 0 bridgehead atoms. The molecule has 9 heavy (non-hydrogen) atoms. The maximum Gasteiger partial charge on any atom is 0.00442 e. The van der Waals surface area contributed by atoms with Crippen LogP contribution in [0.25, 0.3) is 0 Å². The van der Waals surface area contributed by atoms with Gasteiger partial charge in [-0.3, -0.25) is 0 Å². The molecule has 1 aliphatic carbocycles. The Labute approximate surface area is 62.4 Å². The molecule has 1 saturated carbocycles. The molecule has 0 saturated heterocycles. The average molecular weight is 144 g/mol. The molecule has 0 spiro atoms. The smallest absolute Gasteiger partial charge is 0.00442 e. The minimum Gasteiger partial charge on any atom is -0.162 e. The molecule has 54 valence electrons. The highest BCUT2D eigenvalue weighted by Gasteiger charge is 2.19. The first-order valence-electron chi connectivity index (χ1n) is 3.87. The highest BCUT2D eigenvalue weighted by atomic mass is 32.2. The maximum absolute atomic E-state index is 2.36. The predicted octanol–water partition coefficient (Wildman–Crippen LogP) is 2.93. The molecule has 0 nitrogen and oxygen atoms in total. The Hall–Kier alpha value is 0.350. The van der Waals surface area contributed by atoms with Crippen molar-refractivity contribution in [1.82, 2.24) is 0 Å². The molecule has 1 aliphatic rings. The molecular weight excluding hydrogens is 128 g/mol. The quantitative estimate of drug-likeness (QED) is 0.574. The molecule has 1 heteroatoms. The van der Waals surface area contributed by atoms with Crippen LogP contribution >= 0.6 is 11.8 Å². The lowest BCUT2D eigenvalue weighted by Crippen LogP contribution is -2.08. The van der Waals surface area contributed by atoms with Gasteiger partial charge in [0.15, 0.2) is 0 Å². The third kappa shape index (κ3) is 1.89. The second-order valence-corrected chi connectivity index (χ2v) is 4.20. The van der Waals surface area contributed by atoms with Gasteiger partial charge in [0, 0.05) is 5.25 Å². The number of hydrogen-bond donors (Lipinski definition) is 0. The van der Waals surface area contributed by atoms with E-state index in [1.165, 1.54) is 25.7 Å². The monoisotopic (exact) mass is 144 g/mol. The molecule has 0 aromatic heterocycles. The zero-order valence-corrected chi connectivity index (χ0v) is 7.21. The molecule has 0 amide bonds. The van der Waals surface area contributed by atoms with Gasteiger partial charge in [0.25, 0.3) is 0 Å². The van der Waals surface area contributed by atoms with Crippen LogP contribution in [-0.4, -0.2) is 11.5 Å². The van der Waals surface area contributed by atoms with Crippen LogP contribution in [0.5, 0.6) is 0 Å². The van der Waals surface area contributed by atoms with E-state index in [2.05, 4.69) is 13.2 Å². The zero-order valence-electron chi connectivity index (χ0n) is 6.39. The van der Waals surface area contributed by atoms with E-state index < -0.39 is 0 Å². The molecule has 1 unspecified atom stereocenters. The molecule has 0 heterocycles. The maximum atomic E-state index is 2.36. The van der Waals surface area contributed by atoms with E-state index in [0.29, 0.717) is 0 Å². The number of rotatable bonds is 2. The van der Waals surface area contributed by atoms with Crippen LogP contribution in [0.2, 0.25) is 0 Å². The van der Waals surface area contributed by atoms with Gasteiger partial charge < -0.3 is 0 Å². The largest absolute Gasteiger partial charge is 0.162 e. The first-order chi connectivity index (χ1) is 4.34. The van der Waals surface area contributed by atoms with Gasteiger partial charge in [-0.25, -0.2) is 0 Å². The van der Waals surface area contributed by atoms with Crippen LogP contribution in [-0.2, 0) is 0 Å². The molecule has 0 aliphatic heterocycles. The summed E-state index contributed by atoms with van der Waals surface area (Å²) in [6.45, 7) is 2.36. The minimum atomic E-state index is 0.910. The molecule has 0 aromatic carbocycles. The van der Waals surface area contributed by atoms with E-state index >= 15 is 0 Å². The summed E-state index contributed by atoms with van der Waals surface area (Å²) in [5, 5.41) is 0.910. The minimum absolute atomic E-state index is 0.910. The summed E-state index contributed by atoms with van der Waals surface area (Å²) in [5.74, 6) is 1.04. The van der Waals surface area contributed by atoms with Gasteiger partial charge in [0.2, 0.25) is 0 Å². The van der Waals surface area contributed by atoms with Crippen molar-refractivity contribution in [2.75, 3.05) is 6.26 Å². The van der Waals surface area contributed by atoms with Gasteiger partial charge >= 0.3 is 0 Å². The molecule has 1 fully saturated rings. The van der Waals surface area contributed by atoms with Crippen LogP contribution in [0.3, 0.4) is 0 Å². The van der Waals surface area contributed by atoms with Crippen molar-refractivity contribution in [2.24, 2.45) is 5.92 Å². The van der Waals surface area contributed by atoms with E-state index in [1.807, 2.05) is 11.8 Å². The third-order valence-electron chi connectivity index (χ3n) is 2.44. The third-order valence-corrected chi connectivity index (χ3v) is 3.56. The average Bonchev–Trinajstić information content (AvgIpc) is 2.37. The van der Waals surface area contributed by atoms with Crippen molar-refractivity contribution in [2.45, 2.75) is 37.9 Å². The number of hydrogen-bond acceptors (Lipinski definition) is 1. The SMILES string of the molecule is CSC(C)C1CCCC1. The Morgan fingerprint density at radius 1 is 1.33 bits per heavy atom. The lowest BCUT2D eigenvalue weighted by atomic mass is 10.1. The van der Waals surface area contributed by atoms with Gasteiger partial charge in [-0.2, -0.15) is 11.8 Å². The molecule has 1 rings (SSSR count). The fourth-order valence-electron chi connectivity index (χ4n) is 1.62. The van der Waals surface area contributed by atoms with E-state index in [1.54, 1.807) is 0 Å². The fraction of sp³-hybridized carbons (Fsp3) is 1.00. The van der Waals surface area contributed by atoms with Gasteiger partial charge in [-0.05, 0) is 25.0 Å². The van der Waals surface area contributed by atoms with Crippen molar-refractivity contribution in [3.63, 3.8) is 0 Å². The summed E-state index contributed by atoms with van der Waals surface area (Å²) in [4.78, 5) is 0. The number of thioether (sulfide) groups is 1. The van der Waals surface area contributed by atoms with Crippen LogP contribution in [0.1, 0.15) is 32.6 Å². The Bertz CT molecular complexity index is 74.6. The van der Waals surface area contributed by atoms with Gasteiger partial charge in [-0.15, -0.1) is 0 Å². The summed E-state index contributed by atoms with van der Waals surface area (Å²) < 4.78 is 0. The Morgan fingerprint density at radius 2 is 1.89 bits per heavy atom. The van der Waals surface area contributed by atoms with Gasteiger partial charge in [0.05, 0.1) is 0 Å². The molecule has 0 N–H and O–H groups in total. The van der Waals surface area contributed by atoms with E-state index in [9.17, 15) is 0 Å². The van der Waals surface area contributed by atoms with Crippen LogP contribution in [0.4, 0.5) is 0 Å². The van der Waals surface area contributed by atoms with Crippen molar-refractivity contribution in [1.29, 1.82) is 0 Å². The predicted molar refractivity (Wildman–Crippen MR) is 44.9 cm³/mol. The molecule has 1 atom stereocenters. The van der Waals surface area contributed by atoms with Crippen molar-refractivity contribution in [3.8, 4) is 0 Å². The van der Waals surface area contributed by atoms with Crippen LogP contribution in [0.15, 0.2) is 0 Å². The van der Waals surface area contributed by atoms with E-state index in [4.69, 9.17) is 0 Å². The fourth-order valence-corrected chi connectivity index (χ4v) is 2.28. The second-order valence-electron chi connectivity index (χ2n) is 2.99. The first-order valence-corrected chi connectivity index (χ1v) is 5.16. The molecular formula is C8H16S. The Balaban J connectivity index is 2.24. The van der Waals surface area contributed by atoms with Gasteiger partial charge in [-0.1, -0.05) is 19.8 Å². The van der Waals surface area contributed by atoms with Crippen LogP contribution < -0.4 is 0 Å². The summed E-state index contributed by atoms with van der Waals surface area (Å²) in [6, 6.07) is 0. The van der Waals surface area contributed by atoms with Crippen LogP contribution in [0, 0.1) is 5.92 Å². The summed E-state index contributed by atoms with van der Waals surface area (Å²) in [6.07, 6.45) is 8.16. The van der Waals surface area contributed by atoms with Gasteiger partial charge in [0.1, 0.15) is 0 Å². The lowest BCUT2D eigenvalue weighted by Gasteiger charge is -2.14. The Kier molecular flexibility index (Phi) is 2.90. The first kappa shape index (κ1) is 7.46. The van der Waals surface area contributed by atoms with E-state index in [-0.39, 0.29) is 0 Å². The summed E-state index contributed by atoms with van der Waals surface area (Å²) >= 11 is 2.02. The zero-order chi connectivity index (χ0) is 6.69. The topological polar surface area (TPSA) is 0 Å².